The number of hydrogen-bond donors (Lipinski definition) is 1. The fourth-order valence-corrected chi connectivity index (χ4v) is 1.29. The lowest BCUT2D eigenvalue weighted by molar-refractivity contribution is 0.0508. The van der Waals surface area contributed by atoms with E-state index in [1.165, 1.54) is 12.8 Å². The van der Waals surface area contributed by atoms with Crippen molar-refractivity contribution in [2.24, 2.45) is 0 Å². The summed E-state index contributed by atoms with van der Waals surface area (Å²) in [4.78, 5) is 0. The third-order valence-corrected chi connectivity index (χ3v) is 2.22. The number of nitrogens with one attached hydrogen (secondary N) is 1. The lowest BCUT2D eigenvalue weighted by atomic mass is 10.2. The van der Waals surface area contributed by atoms with Gasteiger partial charge in [-0.2, -0.15) is 0 Å². The number of methoxy groups -OCH3 is 1. The summed E-state index contributed by atoms with van der Waals surface area (Å²) in [6, 6.07) is 0. The smallest absolute Gasteiger partial charge is 0.0700 e. The maximum Gasteiger partial charge on any atom is 0.0700 e. The quantitative estimate of drug-likeness (QED) is 0.489. The lowest BCUT2D eigenvalue weighted by Crippen LogP contribution is -2.08. The highest BCUT2D eigenvalue weighted by molar-refractivity contribution is 4.44. The minimum Gasteiger partial charge on any atom is -0.382 e. The maximum atomic E-state index is 5.49. The van der Waals surface area contributed by atoms with Crippen LogP contribution in [-0.4, -0.2) is 53.7 Å². The van der Waals surface area contributed by atoms with Crippen molar-refractivity contribution >= 4 is 0 Å². The zero-order valence-electron chi connectivity index (χ0n) is 10.8. The van der Waals surface area contributed by atoms with E-state index in [-0.39, 0.29) is 0 Å². The van der Waals surface area contributed by atoms with Crippen molar-refractivity contribution in [3.63, 3.8) is 0 Å². The van der Waals surface area contributed by atoms with Gasteiger partial charge in [-0.05, 0) is 39.3 Å². The van der Waals surface area contributed by atoms with E-state index in [0.717, 1.165) is 39.2 Å². The monoisotopic (exact) mass is 233 g/mol. The topological polar surface area (TPSA) is 39.7 Å². The van der Waals surface area contributed by atoms with Crippen LogP contribution in [0.5, 0.6) is 0 Å². The summed E-state index contributed by atoms with van der Waals surface area (Å²) in [5.41, 5.74) is 0. The molecule has 98 valence electrons. The van der Waals surface area contributed by atoms with E-state index in [1.54, 1.807) is 7.11 Å². The minimum absolute atomic E-state index is 0.673. The van der Waals surface area contributed by atoms with Crippen molar-refractivity contribution in [2.75, 3.05) is 53.7 Å². The zero-order chi connectivity index (χ0) is 11.9. The molecule has 0 rings (SSSR count). The summed E-state index contributed by atoms with van der Waals surface area (Å²) >= 11 is 0. The van der Waals surface area contributed by atoms with Crippen LogP contribution in [-0.2, 0) is 14.2 Å². The van der Waals surface area contributed by atoms with Gasteiger partial charge in [-0.15, -0.1) is 0 Å². The van der Waals surface area contributed by atoms with Crippen LogP contribution in [0.3, 0.4) is 0 Å². The largest absolute Gasteiger partial charge is 0.382 e. The van der Waals surface area contributed by atoms with Gasteiger partial charge in [0.25, 0.3) is 0 Å². The molecule has 0 amide bonds. The summed E-state index contributed by atoms with van der Waals surface area (Å²) in [6.45, 7) is 4.91. The highest BCUT2D eigenvalue weighted by atomic mass is 16.5. The molecule has 0 spiro atoms. The van der Waals surface area contributed by atoms with Gasteiger partial charge >= 0.3 is 0 Å². The maximum absolute atomic E-state index is 5.49. The molecule has 0 aromatic rings. The van der Waals surface area contributed by atoms with Crippen molar-refractivity contribution < 1.29 is 14.2 Å². The number of hydrogen-bond acceptors (Lipinski definition) is 4. The molecule has 0 fully saturated rings. The molecule has 0 unspecified atom stereocenters. The number of unbranched alkanes of at least 4 members (excludes halogenated alkanes) is 2. The van der Waals surface area contributed by atoms with Crippen LogP contribution in [0, 0.1) is 0 Å². The van der Waals surface area contributed by atoms with Gasteiger partial charge in [-0.1, -0.05) is 0 Å². The van der Waals surface area contributed by atoms with Gasteiger partial charge in [0.05, 0.1) is 13.2 Å². The molecular weight excluding hydrogens is 206 g/mol. The van der Waals surface area contributed by atoms with Crippen LogP contribution < -0.4 is 5.32 Å². The summed E-state index contributed by atoms with van der Waals surface area (Å²) in [5, 5.41) is 3.14. The SMILES string of the molecule is CNCCCCCOCCCOCCOC. The van der Waals surface area contributed by atoms with E-state index in [2.05, 4.69) is 5.32 Å². The standard InChI is InChI=1S/C12H27NO3/c1-13-7-4-3-5-8-15-9-6-10-16-12-11-14-2/h13H,3-12H2,1-2H3. The van der Waals surface area contributed by atoms with Crippen LogP contribution >= 0.6 is 0 Å². The number of ether oxygens (including phenoxy) is 3. The fraction of sp³-hybridized carbons (Fsp3) is 1.00. The first kappa shape index (κ1) is 15.8. The van der Waals surface area contributed by atoms with Crippen molar-refractivity contribution in [1.82, 2.24) is 5.32 Å². The summed E-state index contributed by atoms with van der Waals surface area (Å²) in [7, 11) is 3.67. The first-order chi connectivity index (χ1) is 7.91. The Morgan fingerprint density at radius 1 is 0.750 bits per heavy atom. The molecule has 0 aliphatic rings. The van der Waals surface area contributed by atoms with Gasteiger partial charge in [0.2, 0.25) is 0 Å². The van der Waals surface area contributed by atoms with Crippen LogP contribution in [0.15, 0.2) is 0 Å². The Hall–Kier alpha value is -0.160. The molecule has 0 aromatic heterocycles. The molecule has 1 N–H and O–H groups in total. The predicted molar refractivity (Wildman–Crippen MR) is 65.9 cm³/mol. The Kier molecular flexibility index (Phi) is 14.7. The van der Waals surface area contributed by atoms with Crippen LogP contribution in [0.4, 0.5) is 0 Å². The molecule has 4 nitrogen and oxygen atoms in total. The van der Waals surface area contributed by atoms with Crippen molar-refractivity contribution in [1.29, 1.82) is 0 Å². The van der Waals surface area contributed by atoms with Crippen molar-refractivity contribution in [3.05, 3.63) is 0 Å². The first-order valence-electron chi connectivity index (χ1n) is 6.21. The molecule has 0 aliphatic heterocycles. The fourth-order valence-electron chi connectivity index (χ4n) is 1.29. The Morgan fingerprint density at radius 2 is 1.44 bits per heavy atom. The predicted octanol–water partition coefficient (Wildman–Crippen LogP) is 1.45. The lowest BCUT2D eigenvalue weighted by Gasteiger charge is -2.05. The third-order valence-electron chi connectivity index (χ3n) is 2.22. The molecule has 4 heteroatoms. The molecule has 0 aromatic carbocycles. The van der Waals surface area contributed by atoms with Gasteiger partial charge in [0, 0.05) is 26.9 Å². The Balaban J connectivity index is 2.83. The second-order valence-electron chi connectivity index (χ2n) is 3.74. The molecule has 0 aliphatic carbocycles. The molecular formula is C12H27NO3. The highest BCUT2D eigenvalue weighted by Gasteiger charge is 1.92. The second kappa shape index (κ2) is 14.8. The summed E-state index contributed by atoms with van der Waals surface area (Å²) in [5.74, 6) is 0. The molecule has 0 atom stereocenters. The van der Waals surface area contributed by atoms with E-state index in [9.17, 15) is 0 Å². The van der Waals surface area contributed by atoms with E-state index >= 15 is 0 Å². The normalized spacial score (nSPS) is 10.9. The van der Waals surface area contributed by atoms with Crippen molar-refractivity contribution in [2.45, 2.75) is 25.7 Å². The van der Waals surface area contributed by atoms with Gasteiger partial charge in [0.15, 0.2) is 0 Å². The van der Waals surface area contributed by atoms with Crippen LogP contribution in [0.2, 0.25) is 0 Å². The van der Waals surface area contributed by atoms with E-state index in [0.29, 0.717) is 13.2 Å². The molecule has 16 heavy (non-hydrogen) atoms. The highest BCUT2D eigenvalue weighted by Crippen LogP contribution is 1.95. The first-order valence-corrected chi connectivity index (χ1v) is 6.21. The van der Waals surface area contributed by atoms with Crippen LogP contribution in [0.25, 0.3) is 0 Å². The molecule has 0 heterocycles. The molecule has 0 saturated heterocycles. The average molecular weight is 233 g/mol. The van der Waals surface area contributed by atoms with Gasteiger partial charge < -0.3 is 19.5 Å². The average Bonchev–Trinajstić information content (AvgIpc) is 2.31. The van der Waals surface area contributed by atoms with Crippen LogP contribution in [0.1, 0.15) is 25.7 Å². The molecule has 0 bridgehead atoms. The Morgan fingerprint density at radius 3 is 2.12 bits per heavy atom. The van der Waals surface area contributed by atoms with E-state index in [4.69, 9.17) is 14.2 Å². The molecule has 0 saturated carbocycles. The Bertz CT molecular complexity index is 109. The summed E-state index contributed by atoms with van der Waals surface area (Å²) in [6.07, 6.45) is 4.61. The minimum atomic E-state index is 0.673. The van der Waals surface area contributed by atoms with E-state index in [1.807, 2.05) is 7.05 Å². The van der Waals surface area contributed by atoms with Gasteiger partial charge in [-0.3, -0.25) is 0 Å². The Labute approximate surface area is 99.6 Å². The zero-order valence-corrected chi connectivity index (χ0v) is 10.8. The second-order valence-corrected chi connectivity index (χ2v) is 3.74. The van der Waals surface area contributed by atoms with E-state index < -0.39 is 0 Å². The number of rotatable bonds is 13. The molecule has 0 radical (unpaired) electrons. The van der Waals surface area contributed by atoms with Crippen molar-refractivity contribution in [3.8, 4) is 0 Å². The summed E-state index contributed by atoms with van der Waals surface area (Å²) < 4.78 is 15.7. The van der Waals surface area contributed by atoms with Gasteiger partial charge in [0.1, 0.15) is 0 Å². The van der Waals surface area contributed by atoms with Gasteiger partial charge in [-0.25, -0.2) is 0 Å². The third kappa shape index (κ3) is 13.8.